The molecular weight excluding hydrogens is 359 g/mol. The van der Waals surface area contributed by atoms with Crippen LogP contribution in [0.5, 0.6) is 5.75 Å². The average molecular weight is 381 g/mol. The third kappa shape index (κ3) is 3.85. The highest BCUT2D eigenvalue weighted by Crippen LogP contribution is 2.38. The number of allylic oxidation sites excluding steroid dienone is 2. The second kappa shape index (κ2) is 6.67. The van der Waals surface area contributed by atoms with Gasteiger partial charge >= 0.3 is 6.18 Å². The normalized spacial score (nSPS) is 21.1. The predicted octanol–water partition coefficient (Wildman–Crippen LogP) is 3.49. The van der Waals surface area contributed by atoms with Crippen molar-refractivity contribution in [3.05, 3.63) is 41.8 Å². The number of alkyl halides is 3. The van der Waals surface area contributed by atoms with Crippen LogP contribution in [0.2, 0.25) is 0 Å². The number of anilines is 2. The Morgan fingerprint density at radius 3 is 2.59 bits per heavy atom. The van der Waals surface area contributed by atoms with Crippen LogP contribution in [0.1, 0.15) is 25.7 Å². The van der Waals surface area contributed by atoms with Gasteiger partial charge in [-0.1, -0.05) is 12.8 Å². The number of nitrogens with zero attached hydrogens (tertiary/aromatic N) is 1. The van der Waals surface area contributed by atoms with Crippen LogP contribution in [0.25, 0.3) is 0 Å². The van der Waals surface area contributed by atoms with Crippen LogP contribution in [0.15, 0.2) is 41.8 Å². The molecule has 0 aromatic heterocycles. The topological polar surface area (TPSA) is 56.8 Å². The maximum Gasteiger partial charge on any atom is 0.414 e. The average Bonchev–Trinajstić information content (AvgIpc) is 3.22. The van der Waals surface area contributed by atoms with Gasteiger partial charge in [-0.3, -0.25) is 0 Å². The lowest BCUT2D eigenvalue weighted by molar-refractivity contribution is -0.0931. The summed E-state index contributed by atoms with van der Waals surface area (Å²) in [5.41, 5.74) is 0.584. The van der Waals surface area contributed by atoms with E-state index in [1.807, 2.05) is 12.1 Å². The molecule has 2 aliphatic heterocycles. The van der Waals surface area contributed by atoms with E-state index in [9.17, 15) is 18.3 Å². The van der Waals surface area contributed by atoms with Crippen molar-refractivity contribution in [3.63, 3.8) is 0 Å². The number of aliphatic hydroxyl groups is 1. The zero-order valence-corrected chi connectivity index (χ0v) is 14.8. The van der Waals surface area contributed by atoms with Crippen molar-refractivity contribution < 1.29 is 23.0 Å². The van der Waals surface area contributed by atoms with E-state index in [0.717, 1.165) is 43.1 Å². The van der Waals surface area contributed by atoms with Crippen molar-refractivity contribution in [3.8, 4) is 5.75 Å². The van der Waals surface area contributed by atoms with E-state index in [1.54, 1.807) is 6.07 Å². The number of rotatable bonds is 4. The summed E-state index contributed by atoms with van der Waals surface area (Å²) in [5.74, 6) is 0.804. The summed E-state index contributed by atoms with van der Waals surface area (Å²) < 4.78 is 43.7. The lowest BCUT2D eigenvalue weighted by Crippen LogP contribution is -2.41. The van der Waals surface area contributed by atoms with Crippen LogP contribution in [0, 0.1) is 0 Å². The number of ether oxygens (including phenoxy) is 1. The van der Waals surface area contributed by atoms with E-state index in [1.165, 1.54) is 6.08 Å². The first kappa shape index (κ1) is 18.0. The van der Waals surface area contributed by atoms with Crippen molar-refractivity contribution >= 4 is 11.4 Å². The Labute approximate surface area is 155 Å². The Balaban J connectivity index is 1.48. The van der Waals surface area contributed by atoms with Crippen molar-refractivity contribution in [2.24, 2.45) is 0 Å². The minimum atomic E-state index is -4.34. The summed E-state index contributed by atoms with van der Waals surface area (Å²) >= 11 is 0. The van der Waals surface area contributed by atoms with Crippen LogP contribution in [-0.4, -0.2) is 36.6 Å². The number of β-amino-alcohol motifs (C(OH)–C–C–N with tert-alkyl or cyclic N) is 1. The summed E-state index contributed by atoms with van der Waals surface area (Å²) in [5, 5.41) is 16.6. The molecule has 0 amide bonds. The number of hydrogen-bond donors (Lipinski definition) is 3. The summed E-state index contributed by atoms with van der Waals surface area (Å²) in [4.78, 5) is 2.08. The minimum absolute atomic E-state index is 0.273. The molecule has 3 aliphatic rings. The Kier molecular flexibility index (Phi) is 4.46. The predicted molar refractivity (Wildman–Crippen MR) is 96.5 cm³/mol. The third-order valence-corrected chi connectivity index (χ3v) is 5.27. The molecule has 0 unspecified atom stereocenters. The molecule has 5 nitrogen and oxygen atoms in total. The molecule has 2 heterocycles. The number of nitrogens with one attached hydrogen (secondary N) is 2. The second-order valence-electron chi connectivity index (χ2n) is 7.32. The van der Waals surface area contributed by atoms with Crippen molar-refractivity contribution in [2.45, 2.75) is 37.5 Å². The highest BCUT2D eigenvalue weighted by atomic mass is 19.4. The van der Waals surface area contributed by atoms with E-state index >= 15 is 0 Å². The fraction of sp³-hybridized carbons (Fsp3) is 0.474. The molecule has 0 saturated heterocycles. The minimum Gasteiger partial charge on any atom is -0.441 e. The van der Waals surface area contributed by atoms with Crippen molar-refractivity contribution in [1.29, 1.82) is 0 Å². The monoisotopic (exact) mass is 381 g/mol. The SMILES string of the molecule is OC1(CN2CNc3ccc(OC4=CC=C(C(F)(F)F)CN4)cc32)CCCC1. The molecule has 1 aromatic carbocycles. The van der Waals surface area contributed by atoms with Gasteiger partial charge in [0.2, 0.25) is 0 Å². The van der Waals surface area contributed by atoms with Crippen LogP contribution in [0.3, 0.4) is 0 Å². The van der Waals surface area contributed by atoms with Gasteiger partial charge in [0, 0.05) is 19.2 Å². The molecule has 4 rings (SSSR count). The first-order valence-corrected chi connectivity index (χ1v) is 9.07. The molecule has 1 aromatic rings. The number of halogens is 3. The summed E-state index contributed by atoms with van der Waals surface area (Å²) in [6.07, 6.45) is 1.68. The molecule has 1 fully saturated rings. The lowest BCUT2D eigenvalue weighted by atomic mass is 10.0. The molecule has 27 heavy (non-hydrogen) atoms. The molecule has 0 atom stereocenters. The molecular formula is C19H22F3N3O2. The van der Waals surface area contributed by atoms with Crippen molar-refractivity contribution in [1.82, 2.24) is 5.32 Å². The Morgan fingerprint density at radius 2 is 1.93 bits per heavy atom. The van der Waals surface area contributed by atoms with Crippen LogP contribution < -0.4 is 20.3 Å². The maximum atomic E-state index is 12.7. The van der Waals surface area contributed by atoms with Crippen LogP contribution >= 0.6 is 0 Å². The van der Waals surface area contributed by atoms with Gasteiger partial charge in [0.1, 0.15) is 5.75 Å². The van der Waals surface area contributed by atoms with Gasteiger partial charge < -0.3 is 25.4 Å². The largest absolute Gasteiger partial charge is 0.441 e. The number of hydrogen-bond acceptors (Lipinski definition) is 5. The van der Waals surface area contributed by atoms with E-state index in [4.69, 9.17) is 4.74 Å². The van der Waals surface area contributed by atoms with E-state index < -0.39 is 17.4 Å². The van der Waals surface area contributed by atoms with Gasteiger partial charge in [-0.25, -0.2) is 0 Å². The molecule has 146 valence electrons. The van der Waals surface area contributed by atoms with Gasteiger partial charge in [0.05, 0.1) is 29.2 Å². The second-order valence-corrected chi connectivity index (χ2v) is 7.32. The van der Waals surface area contributed by atoms with E-state index in [-0.39, 0.29) is 12.4 Å². The zero-order valence-electron chi connectivity index (χ0n) is 14.8. The smallest absolute Gasteiger partial charge is 0.414 e. The fourth-order valence-corrected chi connectivity index (χ4v) is 3.81. The Hall–Kier alpha value is -2.35. The molecule has 1 saturated carbocycles. The highest BCUT2D eigenvalue weighted by molar-refractivity contribution is 5.76. The first-order chi connectivity index (χ1) is 12.8. The number of benzene rings is 1. The lowest BCUT2D eigenvalue weighted by Gasteiger charge is -2.29. The molecule has 8 heteroatoms. The standard InChI is InChI=1S/C19H22F3N3O2/c20-19(21,22)13-3-6-17(23-10-13)27-14-4-5-15-16(9-14)25(12-24-15)11-18(26)7-1-2-8-18/h3-6,9,23-24,26H,1-2,7-8,10-12H2. The molecule has 0 spiro atoms. The molecule has 0 bridgehead atoms. The van der Waals surface area contributed by atoms with Crippen LogP contribution in [0.4, 0.5) is 24.5 Å². The van der Waals surface area contributed by atoms with Gasteiger partial charge in [-0.15, -0.1) is 0 Å². The first-order valence-electron chi connectivity index (χ1n) is 9.07. The Bertz CT molecular complexity index is 783. The quantitative estimate of drug-likeness (QED) is 0.746. The summed E-state index contributed by atoms with van der Waals surface area (Å²) in [6, 6.07) is 5.49. The van der Waals surface area contributed by atoms with E-state index in [0.29, 0.717) is 19.0 Å². The van der Waals surface area contributed by atoms with Crippen LogP contribution in [-0.2, 0) is 0 Å². The highest BCUT2D eigenvalue weighted by Gasteiger charge is 2.36. The Morgan fingerprint density at radius 1 is 1.15 bits per heavy atom. The third-order valence-electron chi connectivity index (χ3n) is 5.27. The molecule has 1 aliphatic carbocycles. The van der Waals surface area contributed by atoms with Gasteiger partial charge in [0.25, 0.3) is 0 Å². The van der Waals surface area contributed by atoms with Crippen molar-refractivity contribution in [2.75, 3.05) is 30.0 Å². The van der Waals surface area contributed by atoms with E-state index in [2.05, 4.69) is 15.5 Å². The molecule has 3 N–H and O–H groups in total. The maximum absolute atomic E-state index is 12.7. The van der Waals surface area contributed by atoms with Gasteiger partial charge in [-0.2, -0.15) is 13.2 Å². The number of dihydropyridines is 1. The summed E-state index contributed by atoms with van der Waals surface area (Å²) in [7, 11) is 0. The van der Waals surface area contributed by atoms with Gasteiger partial charge in [-0.05, 0) is 37.1 Å². The fourth-order valence-electron chi connectivity index (χ4n) is 3.81. The molecule has 0 radical (unpaired) electrons. The summed E-state index contributed by atoms with van der Waals surface area (Å²) in [6.45, 7) is 0.843. The van der Waals surface area contributed by atoms with Gasteiger partial charge in [0.15, 0.2) is 5.88 Å². The zero-order chi connectivity index (χ0) is 19.1. The number of fused-ring (bicyclic) bond motifs is 1.